The van der Waals surface area contributed by atoms with Gasteiger partial charge in [0, 0.05) is 56.1 Å². The number of hydrogen-bond donors (Lipinski definition) is 1. The highest BCUT2D eigenvalue weighted by molar-refractivity contribution is 6.31. The van der Waals surface area contributed by atoms with E-state index in [2.05, 4.69) is 19.9 Å². The fraction of sp³-hybridized carbons (Fsp3) is 0.364. The molecule has 2 aromatic heterocycles. The Morgan fingerprint density at radius 2 is 1.72 bits per heavy atom. The van der Waals surface area contributed by atoms with Gasteiger partial charge in [-0.1, -0.05) is 23.2 Å². The molecule has 0 bridgehead atoms. The number of carbonyl (C=O) groups excluding carboxylic acids is 1. The Kier molecular flexibility index (Phi) is 5.86. The van der Waals surface area contributed by atoms with Crippen LogP contribution in [-0.2, 0) is 0 Å². The molecule has 0 spiro atoms. The van der Waals surface area contributed by atoms with E-state index in [-0.39, 0.29) is 11.9 Å². The van der Waals surface area contributed by atoms with Crippen molar-refractivity contribution in [3.05, 3.63) is 58.5 Å². The molecule has 0 saturated carbocycles. The van der Waals surface area contributed by atoms with Gasteiger partial charge in [0.05, 0.1) is 22.7 Å². The molecule has 2 saturated heterocycles. The number of hydrogen-bond acceptors (Lipinski definition) is 7. The second-order valence-corrected chi connectivity index (χ2v) is 8.97. The summed E-state index contributed by atoms with van der Waals surface area (Å²) < 4.78 is 0. The predicted octanol–water partition coefficient (Wildman–Crippen LogP) is 2.34. The molecule has 1 amide bonds. The Labute approximate surface area is 195 Å². The molecule has 3 aromatic rings. The summed E-state index contributed by atoms with van der Waals surface area (Å²) in [6, 6.07) is 8.68. The molecule has 2 fully saturated rings. The maximum atomic E-state index is 12.8. The summed E-state index contributed by atoms with van der Waals surface area (Å²) in [7, 11) is 0. The Balaban J connectivity index is 1.25. The summed E-state index contributed by atoms with van der Waals surface area (Å²) in [5.41, 5.74) is 1.98. The second kappa shape index (κ2) is 8.78. The number of β-amino-alcohol motifs (C(OH)–C–C–N with tert-alkyl or cyclic N) is 1. The monoisotopic (exact) mass is 472 g/mol. The third-order valence-corrected chi connectivity index (χ3v) is 6.60. The normalized spacial score (nSPS) is 22.0. The zero-order valence-electron chi connectivity index (χ0n) is 17.2. The first-order valence-corrected chi connectivity index (χ1v) is 11.2. The van der Waals surface area contributed by atoms with Gasteiger partial charge in [0.1, 0.15) is 11.8 Å². The number of benzene rings is 1. The van der Waals surface area contributed by atoms with E-state index < -0.39 is 6.10 Å². The van der Waals surface area contributed by atoms with E-state index in [9.17, 15) is 9.90 Å². The Hall–Kier alpha value is -2.52. The average Bonchev–Trinajstić information content (AvgIpc) is 3.20. The molecule has 0 unspecified atom stereocenters. The molecular weight excluding hydrogens is 451 g/mol. The smallest absolute Gasteiger partial charge is 0.253 e. The molecule has 0 radical (unpaired) electrons. The van der Waals surface area contributed by atoms with Crippen LogP contribution in [0.15, 0.2) is 42.9 Å². The summed E-state index contributed by atoms with van der Waals surface area (Å²) in [5.74, 6) is 0.705. The number of piperazine rings is 1. The number of anilines is 1. The molecule has 1 N–H and O–H groups in total. The minimum atomic E-state index is -0.522. The zero-order chi connectivity index (χ0) is 22.2. The van der Waals surface area contributed by atoms with Gasteiger partial charge < -0.3 is 14.9 Å². The minimum Gasteiger partial charge on any atom is -0.390 e. The lowest BCUT2D eigenvalue weighted by molar-refractivity contribution is 0.0376. The van der Waals surface area contributed by atoms with Crippen molar-refractivity contribution in [2.75, 3.05) is 44.2 Å². The molecule has 8 nitrogen and oxygen atoms in total. The topological polar surface area (TPSA) is 85.7 Å². The lowest BCUT2D eigenvalue weighted by Crippen LogP contribution is -2.54. The van der Waals surface area contributed by atoms with Crippen molar-refractivity contribution < 1.29 is 9.90 Å². The molecule has 5 rings (SSSR count). The molecule has 4 heterocycles. The molecule has 166 valence electrons. The summed E-state index contributed by atoms with van der Waals surface area (Å²) in [6.07, 6.45) is 2.56. The largest absolute Gasteiger partial charge is 0.390 e. The van der Waals surface area contributed by atoms with Crippen molar-refractivity contribution in [3.63, 3.8) is 0 Å². The number of carbonyl (C=O) groups is 1. The van der Waals surface area contributed by atoms with Crippen LogP contribution in [0, 0.1) is 0 Å². The van der Waals surface area contributed by atoms with Gasteiger partial charge in [0.15, 0.2) is 5.82 Å². The van der Waals surface area contributed by atoms with Gasteiger partial charge in [-0.05, 0) is 30.3 Å². The molecule has 2 aliphatic rings. The van der Waals surface area contributed by atoms with Gasteiger partial charge in [0.2, 0.25) is 0 Å². The van der Waals surface area contributed by atoms with E-state index in [0.717, 1.165) is 0 Å². The van der Waals surface area contributed by atoms with Crippen molar-refractivity contribution in [2.24, 2.45) is 0 Å². The number of aromatic nitrogens is 3. The molecule has 2 aliphatic heterocycles. The number of amides is 1. The van der Waals surface area contributed by atoms with E-state index in [1.54, 1.807) is 36.5 Å². The SMILES string of the molecule is O=C(c1ccc(Cl)cc1)N1CCN([C@@H]2CN(c3ncnc4cc(Cl)cnc34)C[C@H]2O)CC1. The van der Waals surface area contributed by atoms with Gasteiger partial charge >= 0.3 is 0 Å². The maximum absolute atomic E-state index is 12.8. The van der Waals surface area contributed by atoms with Crippen LogP contribution in [0.3, 0.4) is 0 Å². The van der Waals surface area contributed by atoms with E-state index in [1.807, 2.05) is 9.80 Å². The lowest BCUT2D eigenvalue weighted by Gasteiger charge is -2.38. The molecule has 1 aromatic carbocycles. The van der Waals surface area contributed by atoms with Crippen LogP contribution in [0.5, 0.6) is 0 Å². The summed E-state index contributed by atoms with van der Waals surface area (Å²) in [4.78, 5) is 32.0. The summed E-state index contributed by atoms with van der Waals surface area (Å²) in [6.45, 7) is 3.72. The number of aliphatic hydroxyl groups excluding tert-OH is 1. The number of pyridine rings is 1. The number of rotatable bonds is 3. The summed E-state index contributed by atoms with van der Waals surface area (Å²) in [5, 5.41) is 11.9. The molecule has 2 atom stereocenters. The van der Waals surface area contributed by atoms with Gasteiger partial charge in [-0.25, -0.2) is 15.0 Å². The first-order chi connectivity index (χ1) is 15.5. The molecule has 0 aliphatic carbocycles. The van der Waals surface area contributed by atoms with Gasteiger partial charge in [-0.15, -0.1) is 0 Å². The fourth-order valence-electron chi connectivity index (χ4n) is 4.47. The highest BCUT2D eigenvalue weighted by atomic mass is 35.5. The van der Waals surface area contributed by atoms with E-state index in [1.165, 1.54) is 6.33 Å². The van der Waals surface area contributed by atoms with Crippen molar-refractivity contribution in [1.29, 1.82) is 0 Å². The van der Waals surface area contributed by atoms with Crippen molar-refractivity contribution in [2.45, 2.75) is 12.1 Å². The van der Waals surface area contributed by atoms with Gasteiger partial charge in [-0.3, -0.25) is 9.69 Å². The lowest BCUT2D eigenvalue weighted by atomic mass is 10.1. The number of fused-ring (bicyclic) bond motifs is 1. The standard InChI is InChI=1S/C22H22Cl2N6O2/c23-15-3-1-14(2-4-15)22(32)29-7-5-28(6-8-29)18-11-30(12-19(18)31)21-20-17(26-13-27-21)9-16(24)10-25-20/h1-4,9-10,13,18-19,31H,5-8,11-12H2/t18-,19-/m1/s1. The van der Waals surface area contributed by atoms with Crippen LogP contribution in [0.1, 0.15) is 10.4 Å². The molecule has 10 heteroatoms. The first-order valence-electron chi connectivity index (χ1n) is 10.5. The zero-order valence-corrected chi connectivity index (χ0v) is 18.7. The summed E-state index contributed by atoms with van der Waals surface area (Å²) >= 11 is 12.0. The predicted molar refractivity (Wildman–Crippen MR) is 123 cm³/mol. The average molecular weight is 473 g/mol. The molecular formula is C22H22Cl2N6O2. The van der Waals surface area contributed by atoms with Crippen LogP contribution in [0.4, 0.5) is 5.82 Å². The van der Waals surface area contributed by atoms with E-state index in [0.29, 0.717) is 71.7 Å². The number of aliphatic hydroxyl groups is 1. The van der Waals surface area contributed by atoms with Crippen LogP contribution in [0.2, 0.25) is 10.0 Å². The highest BCUT2D eigenvalue weighted by Crippen LogP contribution is 2.28. The van der Waals surface area contributed by atoms with Crippen LogP contribution < -0.4 is 4.90 Å². The van der Waals surface area contributed by atoms with Gasteiger partial charge in [0.25, 0.3) is 5.91 Å². The van der Waals surface area contributed by atoms with Crippen molar-refractivity contribution >= 4 is 46.0 Å². The number of nitrogens with zero attached hydrogens (tertiary/aromatic N) is 6. The van der Waals surface area contributed by atoms with Crippen LogP contribution in [-0.4, -0.2) is 87.2 Å². The Morgan fingerprint density at radius 1 is 0.969 bits per heavy atom. The second-order valence-electron chi connectivity index (χ2n) is 8.09. The Morgan fingerprint density at radius 3 is 2.47 bits per heavy atom. The first kappa shape index (κ1) is 21.3. The van der Waals surface area contributed by atoms with Gasteiger partial charge in [-0.2, -0.15) is 0 Å². The highest BCUT2D eigenvalue weighted by Gasteiger charge is 2.38. The third kappa shape index (κ3) is 4.11. The molecule has 32 heavy (non-hydrogen) atoms. The Bertz CT molecular complexity index is 1140. The third-order valence-electron chi connectivity index (χ3n) is 6.14. The van der Waals surface area contributed by atoms with E-state index >= 15 is 0 Å². The maximum Gasteiger partial charge on any atom is 0.253 e. The van der Waals surface area contributed by atoms with Crippen LogP contribution in [0.25, 0.3) is 11.0 Å². The van der Waals surface area contributed by atoms with E-state index in [4.69, 9.17) is 23.2 Å². The number of halogens is 2. The fourth-order valence-corrected chi connectivity index (χ4v) is 4.75. The van der Waals surface area contributed by atoms with Crippen LogP contribution >= 0.6 is 23.2 Å². The minimum absolute atomic E-state index is 0.00658. The van der Waals surface area contributed by atoms with Crippen molar-refractivity contribution in [1.82, 2.24) is 24.8 Å². The quantitative estimate of drug-likeness (QED) is 0.625. The van der Waals surface area contributed by atoms with Crippen molar-refractivity contribution in [3.8, 4) is 0 Å².